The van der Waals surface area contributed by atoms with E-state index in [0.29, 0.717) is 17.5 Å². The molecule has 1 aromatic heterocycles. The predicted octanol–water partition coefficient (Wildman–Crippen LogP) is 3.41. The van der Waals surface area contributed by atoms with Crippen molar-refractivity contribution in [3.8, 4) is 5.69 Å². The van der Waals surface area contributed by atoms with Crippen molar-refractivity contribution in [1.82, 2.24) is 9.78 Å². The molecule has 1 heterocycles. The number of nitrogens with two attached hydrogens (primary N) is 1. The van der Waals surface area contributed by atoms with E-state index in [-0.39, 0.29) is 0 Å². The van der Waals surface area contributed by atoms with Crippen molar-refractivity contribution in [2.75, 3.05) is 18.4 Å². The van der Waals surface area contributed by atoms with Crippen LogP contribution >= 0.6 is 11.6 Å². The normalized spacial score (nSPS) is 11.1. The SMILES string of the molecule is CC(C)c1c(NCCCN)cnn1-c1cccc(Cl)c1. The number of aromatic nitrogens is 2. The van der Waals surface area contributed by atoms with Gasteiger partial charge in [-0.25, -0.2) is 4.68 Å². The zero-order chi connectivity index (χ0) is 14.5. The third kappa shape index (κ3) is 3.32. The van der Waals surface area contributed by atoms with Crippen molar-refractivity contribution < 1.29 is 0 Å². The Balaban J connectivity index is 2.34. The highest BCUT2D eigenvalue weighted by atomic mass is 35.5. The molecule has 5 heteroatoms. The van der Waals surface area contributed by atoms with Crippen molar-refractivity contribution in [2.24, 2.45) is 5.73 Å². The maximum Gasteiger partial charge on any atom is 0.0766 e. The summed E-state index contributed by atoms with van der Waals surface area (Å²) in [7, 11) is 0. The van der Waals surface area contributed by atoms with Gasteiger partial charge in [0.05, 0.1) is 23.3 Å². The highest BCUT2D eigenvalue weighted by molar-refractivity contribution is 6.30. The van der Waals surface area contributed by atoms with Gasteiger partial charge in [0.1, 0.15) is 0 Å². The molecule has 0 spiro atoms. The van der Waals surface area contributed by atoms with E-state index in [1.807, 2.05) is 35.1 Å². The van der Waals surface area contributed by atoms with Gasteiger partial charge in [-0.1, -0.05) is 31.5 Å². The summed E-state index contributed by atoms with van der Waals surface area (Å²) in [6.07, 6.45) is 2.81. The van der Waals surface area contributed by atoms with Gasteiger partial charge in [-0.2, -0.15) is 5.10 Å². The number of hydrogen-bond acceptors (Lipinski definition) is 3. The van der Waals surface area contributed by atoms with Crippen LogP contribution in [0.4, 0.5) is 5.69 Å². The maximum atomic E-state index is 6.07. The smallest absolute Gasteiger partial charge is 0.0766 e. The monoisotopic (exact) mass is 292 g/mol. The summed E-state index contributed by atoms with van der Waals surface area (Å²) in [5.41, 5.74) is 8.73. The van der Waals surface area contributed by atoms with Crippen LogP contribution in [0, 0.1) is 0 Å². The van der Waals surface area contributed by atoms with Crippen molar-refractivity contribution >= 4 is 17.3 Å². The topological polar surface area (TPSA) is 55.9 Å². The number of halogens is 1. The van der Waals surface area contributed by atoms with Gasteiger partial charge in [0.15, 0.2) is 0 Å². The predicted molar refractivity (Wildman–Crippen MR) is 84.8 cm³/mol. The molecule has 0 atom stereocenters. The van der Waals surface area contributed by atoms with Crippen LogP contribution in [0.15, 0.2) is 30.5 Å². The summed E-state index contributed by atoms with van der Waals surface area (Å²) in [5.74, 6) is 0.358. The minimum atomic E-state index is 0.358. The quantitative estimate of drug-likeness (QED) is 0.802. The number of rotatable bonds is 6. The molecule has 0 amide bonds. The molecule has 2 rings (SSSR count). The van der Waals surface area contributed by atoms with E-state index >= 15 is 0 Å². The van der Waals surface area contributed by atoms with Crippen molar-refractivity contribution in [1.29, 1.82) is 0 Å². The van der Waals surface area contributed by atoms with Gasteiger partial charge in [-0.15, -0.1) is 0 Å². The lowest BCUT2D eigenvalue weighted by Gasteiger charge is -2.14. The van der Waals surface area contributed by atoms with Crippen molar-refractivity contribution in [2.45, 2.75) is 26.2 Å². The van der Waals surface area contributed by atoms with Gasteiger partial charge in [0.25, 0.3) is 0 Å². The minimum Gasteiger partial charge on any atom is -0.382 e. The summed E-state index contributed by atoms with van der Waals surface area (Å²) in [5, 5.41) is 8.61. The fourth-order valence-electron chi connectivity index (χ4n) is 2.19. The molecular formula is C15H21ClN4. The van der Waals surface area contributed by atoms with E-state index in [2.05, 4.69) is 24.3 Å². The summed E-state index contributed by atoms with van der Waals surface area (Å²) >= 11 is 6.07. The molecule has 0 fully saturated rings. The second-order valence-corrected chi connectivity index (χ2v) is 5.50. The van der Waals surface area contributed by atoms with Crippen molar-refractivity contribution in [3.05, 3.63) is 41.2 Å². The molecule has 0 saturated heterocycles. The number of nitrogens with one attached hydrogen (secondary N) is 1. The van der Waals surface area contributed by atoms with Gasteiger partial charge in [0.2, 0.25) is 0 Å². The Morgan fingerprint density at radius 1 is 1.40 bits per heavy atom. The van der Waals surface area contributed by atoms with E-state index in [9.17, 15) is 0 Å². The van der Waals surface area contributed by atoms with Crippen LogP contribution in [0.2, 0.25) is 5.02 Å². The standard InChI is InChI=1S/C15H21ClN4/c1-11(2)15-14(18-8-4-7-17)10-19-20(15)13-6-3-5-12(16)9-13/h3,5-6,9-11,18H,4,7-8,17H2,1-2H3. The van der Waals surface area contributed by atoms with Crippen LogP contribution in [0.1, 0.15) is 31.9 Å². The summed E-state index contributed by atoms with van der Waals surface area (Å²) in [6.45, 7) is 5.86. The molecule has 0 aliphatic carbocycles. The highest BCUT2D eigenvalue weighted by Gasteiger charge is 2.15. The van der Waals surface area contributed by atoms with Gasteiger partial charge in [0, 0.05) is 11.6 Å². The summed E-state index contributed by atoms with van der Waals surface area (Å²) in [6, 6.07) is 7.73. The Hall–Kier alpha value is -1.52. The third-order valence-electron chi connectivity index (χ3n) is 3.10. The Kier molecular flexibility index (Phi) is 5.04. The van der Waals surface area contributed by atoms with Gasteiger partial charge < -0.3 is 11.1 Å². The molecule has 0 aliphatic rings. The second-order valence-electron chi connectivity index (χ2n) is 5.06. The molecule has 20 heavy (non-hydrogen) atoms. The first-order valence-electron chi connectivity index (χ1n) is 6.91. The summed E-state index contributed by atoms with van der Waals surface area (Å²) < 4.78 is 1.95. The molecule has 0 aliphatic heterocycles. The highest BCUT2D eigenvalue weighted by Crippen LogP contribution is 2.27. The molecule has 108 valence electrons. The first kappa shape index (κ1) is 14.9. The molecular weight excluding hydrogens is 272 g/mol. The van der Waals surface area contributed by atoms with Crippen LogP contribution in [0.25, 0.3) is 5.69 Å². The average molecular weight is 293 g/mol. The van der Waals surface area contributed by atoms with Crippen molar-refractivity contribution in [3.63, 3.8) is 0 Å². The molecule has 0 radical (unpaired) electrons. The van der Waals surface area contributed by atoms with Crippen LogP contribution < -0.4 is 11.1 Å². The molecule has 4 nitrogen and oxygen atoms in total. The first-order chi connectivity index (χ1) is 9.63. The molecule has 3 N–H and O–H groups in total. The molecule has 0 saturated carbocycles. The molecule has 2 aromatic rings. The van der Waals surface area contributed by atoms with E-state index in [4.69, 9.17) is 17.3 Å². The largest absolute Gasteiger partial charge is 0.382 e. The number of anilines is 1. The Bertz CT molecular complexity index is 563. The zero-order valence-electron chi connectivity index (χ0n) is 11.9. The zero-order valence-corrected chi connectivity index (χ0v) is 12.7. The lowest BCUT2D eigenvalue weighted by atomic mass is 10.1. The van der Waals surface area contributed by atoms with E-state index < -0.39 is 0 Å². The van der Waals surface area contributed by atoms with Gasteiger partial charge in [-0.05, 0) is 37.1 Å². The lowest BCUT2D eigenvalue weighted by molar-refractivity contribution is 0.734. The van der Waals surface area contributed by atoms with E-state index in [1.54, 1.807) is 0 Å². The lowest BCUT2D eigenvalue weighted by Crippen LogP contribution is -2.11. The first-order valence-corrected chi connectivity index (χ1v) is 7.29. The molecule has 0 bridgehead atoms. The molecule has 1 aromatic carbocycles. The fraction of sp³-hybridized carbons (Fsp3) is 0.400. The van der Waals surface area contributed by atoms with Crippen LogP contribution in [-0.2, 0) is 0 Å². The minimum absolute atomic E-state index is 0.358. The van der Waals surface area contributed by atoms with Gasteiger partial charge >= 0.3 is 0 Å². The van der Waals surface area contributed by atoms with Crippen LogP contribution in [0.3, 0.4) is 0 Å². The molecule has 0 unspecified atom stereocenters. The third-order valence-corrected chi connectivity index (χ3v) is 3.34. The average Bonchev–Trinajstić information content (AvgIpc) is 2.83. The Labute approximate surface area is 124 Å². The van der Waals surface area contributed by atoms with Crippen LogP contribution in [-0.4, -0.2) is 22.9 Å². The van der Waals surface area contributed by atoms with Crippen LogP contribution in [0.5, 0.6) is 0 Å². The Morgan fingerprint density at radius 2 is 2.20 bits per heavy atom. The fourth-order valence-corrected chi connectivity index (χ4v) is 2.37. The van der Waals surface area contributed by atoms with E-state index in [1.165, 1.54) is 0 Å². The number of hydrogen-bond donors (Lipinski definition) is 2. The van der Waals surface area contributed by atoms with E-state index in [0.717, 1.165) is 30.0 Å². The maximum absolute atomic E-state index is 6.07. The summed E-state index contributed by atoms with van der Waals surface area (Å²) in [4.78, 5) is 0. The van der Waals surface area contributed by atoms with Gasteiger partial charge in [-0.3, -0.25) is 0 Å². The number of nitrogens with zero attached hydrogens (tertiary/aromatic N) is 2. The number of benzene rings is 1. The Morgan fingerprint density at radius 3 is 2.85 bits per heavy atom. The second kappa shape index (κ2) is 6.77.